The minimum Gasteiger partial charge on any atom is -0.444 e. The monoisotopic (exact) mass is 426 g/mol. The molecule has 2 aliphatic heterocycles. The van der Waals surface area contributed by atoms with Crippen molar-refractivity contribution in [2.75, 3.05) is 44.2 Å². The largest absolute Gasteiger partial charge is 0.444 e. The molecule has 0 N–H and O–H groups in total. The van der Waals surface area contributed by atoms with E-state index in [1.165, 1.54) is 12.1 Å². The number of carbonyl (C=O) groups is 1. The average Bonchev–Trinajstić information content (AvgIpc) is 2.66. The smallest absolute Gasteiger partial charge is 0.410 e. The fraction of sp³-hybridized carbons (Fsp3) is 0.650. The molecule has 0 aromatic heterocycles. The van der Waals surface area contributed by atoms with E-state index in [1.54, 1.807) is 37.8 Å². The molecule has 1 aromatic rings. The van der Waals surface area contributed by atoms with Gasteiger partial charge in [0, 0.05) is 50.5 Å². The number of ether oxygens (including phenoxy) is 1. The summed E-state index contributed by atoms with van der Waals surface area (Å²) in [6, 6.07) is 5.34. The van der Waals surface area contributed by atoms with E-state index in [0.29, 0.717) is 26.2 Å². The fourth-order valence-corrected chi connectivity index (χ4v) is 3.94. The van der Waals surface area contributed by atoms with Crippen LogP contribution in [0.2, 0.25) is 0 Å². The van der Waals surface area contributed by atoms with Crippen molar-refractivity contribution in [2.24, 2.45) is 0 Å². The van der Waals surface area contributed by atoms with Gasteiger partial charge < -0.3 is 14.5 Å². The van der Waals surface area contributed by atoms with Crippen molar-refractivity contribution in [3.05, 3.63) is 34.4 Å². The van der Waals surface area contributed by atoms with E-state index in [1.807, 2.05) is 4.90 Å². The van der Waals surface area contributed by atoms with Crippen molar-refractivity contribution in [2.45, 2.75) is 44.8 Å². The number of likely N-dealkylation sites (tertiary alicyclic amines) is 1. The van der Waals surface area contributed by atoms with Crippen molar-refractivity contribution in [3.8, 4) is 0 Å². The van der Waals surface area contributed by atoms with E-state index < -0.39 is 35.1 Å². The van der Waals surface area contributed by atoms with Crippen LogP contribution in [0.15, 0.2) is 24.3 Å². The Kier molecular flexibility index (Phi) is 6.16. The van der Waals surface area contributed by atoms with Gasteiger partial charge in [0.25, 0.3) is 11.6 Å². The van der Waals surface area contributed by atoms with E-state index >= 15 is 0 Å². The van der Waals surface area contributed by atoms with Gasteiger partial charge in [-0.3, -0.25) is 15.0 Å². The quantitative estimate of drug-likeness (QED) is 0.545. The molecular weight excluding hydrogens is 398 g/mol. The first-order valence-corrected chi connectivity index (χ1v) is 10.1. The molecule has 0 aliphatic carbocycles. The number of nitro benzene ring substituents is 1. The Bertz CT molecular complexity index is 774. The first-order valence-electron chi connectivity index (χ1n) is 10.1. The van der Waals surface area contributed by atoms with E-state index in [-0.39, 0.29) is 18.7 Å². The van der Waals surface area contributed by atoms with Gasteiger partial charge >= 0.3 is 6.09 Å². The molecule has 3 rings (SSSR count). The molecule has 166 valence electrons. The number of piperazine rings is 1. The van der Waals surface area contributed by atoms with Crippen LogP contribution in [0.4, 0.5) is 25.0 Å². The number of anilines is 1. The second-order valence-electron chi connectivity index (χ2n) is 8.76. The molecule has 30 heavy (non-hydrogen) atoms. The number of nitro groups is 1. The predicted octanol–water partition coefficient (Wildman–Crippen LogP) is 3.36. The summed E-state index contributed by atoms with van der Waals surface area (Å²) >= 11 is 0. The molecule has 2 saturated heterocycles. The summed E-state index contributed by atoms with van der Waals surface area (Å²) in [5.41, 5.74) is 0.137. The lowest BCUT2D eigenvalue weighted by molar-refractivity contribution is -0.384. The third-order valence-electron chi connectivity index (χ3n) is 5.39. The molecule has 0 spiro atoms. The van der Waals surface area contributed by atoms with Crippen LogP contribution in [-0.2, 0) is 4.74 Å². The summed E-state index contributed by atoms with van der Waals surface area (Å²) in [6.45, 7) is 6.75. The number of hydrogen-bond acceptors (Lipinski definition) is 6. The van der Waals surface area contributed by atoms with Gasteiger partial charge in [0.05, 0.1) is 17.5 Å². The van der Waals surface area contributed by atoms with Gasteiger partial charge in [-0.25, -0.2) is 13.6 Å². The Labute approximate surface area is 174 Å². The molecule has 0 unspecified atom stereocenters. The maximum absolute atomic E-state index is 14.9. The number of halogens is 2. The SMILES string of the molecule is CC(C)(C)OC(=O)N1CC[C@@H](N2CCN(c3ccc([N+](=O)[O-])cc3)CC2)C(F)(F)C1. The zero-order valence-corrected chi connectivity index (χ0v) is 17.5. The molecule has 8 nitrogen and oxygen atoms in total. The Balaban J connectivity index is 1.56. The maximum Gasteiger partial charge on any atom is 0.410 e. The summed E-state index contributed by atoms with van der Waals surface area (Å²) in [6.07, 6.45) is -0.521. The highest BCUT2D eigenvalue weighted by molar-refractivity contribution is 5.68. The number of non-ortho nitro benzene ring substituents is 1. The number of nitrogens with zero attached hydrogens (tertiary/aromatic N) is 4. The van der Waals surface area contributed by atoms with Crippen LogP contribution in [0.25, 0.3) is 0 Å². The zero-order valence-electron chi connectivity index (χ0n) is 17.5. The summed E-state index contributed by atoms with van der Waals surface area (Å²) < 4.78 is 35.0. The van der Waals surface area contributed by atoms with Gasteiger partial charge in [0.2, 0.25) is 0 Å². The Morgan fingerprint density at radius 2 is 1.73 bits per heavy atom. The van der Waals surface area contributed by atoms with Crippen molar-refractivity contribution in [3.63, 3.8) is 0 Å². The first-order chi connectivity index (χ1) is 14.0. The second kappa shape index (κ2) is 8.33. The summed E-state index contributed by atoms with van der Waals surface area (Å²) in [4.78, 5) is 27.4. The first kappa shape index (κ1) is 22.2. The highest BCUT2D eigenvalue weighted by Crippen LogP contribution is 2.33. The molecule has 1 atom stereocenters. The number of hydrogen-bond donors (Lipinski definition) is 0. The molecule has 0 radical (unpaired) electrons. The van der Waals surface area contributed by atoms with Crippen LogP contribution in [0.3, 0.4) is 0 Å². The highest BCUT2D eigenvalue weighted by atomic mass is 19.3. The third-order valence-corrected chi connectivity index (χ3v) is 5.39. The van der Waals surface area contributed by atoms with Gasteiger partial charge in [-0.1, -0.05) is 0 Å². The topological polar surface area (TPSA) is 79.2 Å². The average molecular weight is 426 g/mol. The van der Waals surface area contributed by atoms with Gasteiger partial charge in [-0.05, 0) is 39.3 Å². The van der Waals surface area contributed by atoms with Crippen molar-refractivity contribution in [1.82, 2.24) is 9.80 Å². The number of benzene rings is 1. The van der Waals surface area contributed by atoms with Gasteiger partial charge in [0.15, 0.2) is 0 Å². The van der Waals surface area contributed by atoms with Crippen LogP contribution in [0.5, 0.6) is 0 Å². The minimum atomic E-state index is -3.02. The summed E-state index contributed by atoms with van der Waals surface area (Å²) in [7, 11) is 0. The Morgan fingerprint density at radius 3 is 2.23 bits per heavy atom. The fourth-order valence-electron chi connectivity index (χ4n) is 3.94. The van der Waals surface area contributed by atoms with Crippen LogP contribution < -0.4 is 4.90 Å². The molecule has 1 aromatic carbocycles. The number of amides is 1. The van der Waals surface area contributed by atoms with Crippen molar-refractivity contribution < 1.29 is 23.2 Å². The van der Waals surface area contributed by atoms with Gasteiger partial charge in [0.1, 0.15) is 5.60 Å². The van der Waals surface area contributed by atoms with E-state index in [0.717, 1.165) is 10.6 Å². The number of rotatable bonds is 3. The summed E-state index contributed by atoms with van der Waals surface area (Å²) in [5.74, 6) is -3.02. The van der Waals surface area contributed by atoms with Crippen molar-refractivity contribution in [1.29, 1.82) is 0 Å². The molecule has 2 heterocycles. The zero-order chi connectivity index (χ0) is 22.1. The van der Waals surface area contributed by atoms with Crippen LogP contribution in [0, 0.1) is 10.1 Å². The second-order valence-corrected chi connectivity index (χ2v) is 8.76. The third kappa shape index (κ3) is 5.16. The lowest BCUT2D eigenvalue weighted by Gasteiger charge is -2.46. The molecule has 2 fully saturated rings. The molecule has 0 saturated carbocycles. The van der Waals surface area contributed by atoms with E-state index in [4.69, 9.17) is 4.74 Å². The summed E-state index contributed by atoms with van der Waals surface area (Å²) in [5, 5.41) is 10.8. The number of alkyl halides is 2. The lowest BCUT2D eigenvalue weighted by Crippen LogP contribution is -2.62. The maximum atomic E-state index is 14.9. The predicted molar refractivity (Wildman–Crippen MR) is 108 cm³/mol. The van der Waals surface area contributed by atoms with Crippen LogP contribution in [0.1, 0.15) is 27.2 Å². The van der Waals surface area contributed by atoms with Gasteiger partial charge in [-0.15, -0.1) is 0 Å². The van der Waals surface area contributed by atoms with E-state index in [2.05, 4.69) is 0 Å². The Morgan fingerprint density at radius 1 is 1.13 bits per heavy atom. The Hall–Kier alpha value is -2.49. The minimum absolute atomic E-state index is 0.0220. The van der Waals surface area contributed by atoms with E-state index in [9.17, 15) is 23.7 Å². The molecule has 1 amide bonds. The van der Waals surface area contributed by atoms with Gasteiger partial charge in [-0.2, -0.15) is 0 Å². The van der Waals surface area contributed by atoms with Crippen molar-refractivity contribution >= 4 is 17.5 Å². The highest BCUT2D eigenvalue weighted by Gasteiger charge is 2.49. The number of carbonyl (C=O) groups excluding carboxylic acids is 1. The molecule has 2 aliphatic rings. The normalized spacial score (nSPS) is 22.6. The van der Waals surface area contributed by atoms with Crippen LogP contribution >= 0.6 is 0 Å². The lowest BCUT2D eigenvalue weighted by atomic mass is 9.98. The standard InChI is InChI=1S/C20H28F2N4O4/c1-19(2,3)30-18(27)25-9-8-17(20(21,22)14-25)24-12-10-23(11-13-24)15-4-6-16(7-5-15)26(28)29/h4-7,17H,8-14H2,1-3H3/t17-/m1/s1. The van der Waals surface area contributed by atoms with Crippen LogP contribution in [-0.4, -0.2) is 77.7 Å². The molecule has 10 heteroatoms. The molecular formula is C20H28F2N4O4. The number of piperidine rings is 1. The molecule has 0 bridgehead atoms.